The smallest absolute Gasteiger partial charge is 0.353 e. The third-order valence-corrected chi connectivity index (χ3v) is 4.04. The van der Waals surface area contributed by atoms with Crippen molar-refractivity contribution in [2.24, 2.45) is 0 Å². The summed E-state index contributed by atoms with van der Waals surface area (Å²) in [5.74, 6) is 0.117. The van der Waals surface area contributed by atoms with Gasteiger partial charge < -0.3 is 10.2 Å². The maximum Gasteiger partial charge on any atom is 0.353 e. The van der Waals surface area contributed by atoms with Gasteiger partial charge in [0, 0.05) is 24.7 Å². The molecule has 1 aromatic carbocycles. The molecule has 10 heteroatoms. The maximum absolute atomic E-state index is 11.7. The van der Waals surface area contributed by atoms with E-state index < -0.39 is 4.92 Å². The number of aromatic nitrogens is 2. The Morgan fingerprint density at radius 1 is 1.19 bits per heavy atom. The molecule has 0 saturated heterocycles. The van der Waals surface area contributed by atoms with Gasteiger partial charge in [0.2, 0.25) is 11.6 Å². The van der Waals surface area contributed by atoms with Crippen LogP contribution in [0.5, 0.6) is 0 Å². The highest BCUT2D eigenvalue weighted by Crippen LogP contribution is 2.32. The third kappa shape index (κ3) is 5.27. The van der Waals surface area contributed by atoms with Crippen LogP contribution in [0.4, 0.5) is 17.3 Å². The van der Waals surface area contributed by atoms with Gasteiger partial charge in [-0.1, -0.05) is 29.8 Å². The molecule has 0 saturated carbocycles. The van der Waals surface area contributed by atoms with Gasteiger partial charge in [0.1, 0.15) is 6.33 Å². The molecule has 0 aliphatic carbocycles. The topological polar surface area (TPSA) is 132 Å². The Morgan fingerprint density at radius 2 is 1.85 bits per heavy atom. The van der Waals surface area contributed by atoms with Gasteiger partial charge in [-0.2, -0.15) is 10.5 Å². The van der Waals surface area contributed by atoms with E-state index in [4.69, 9.17) is 22.1 Å². The lowest BCUT2D eigenvalue weighted by Gasteiger charge is -2.21. The Bertz CT molecular complexity index is 874. The first-order valence-electron chi connectivity index (χ1n) is 8.04. The average Bonchev–Trinajstić information content (AvgIpc) is 2.67. The van der Waals surface area contributed by atoms with Crippen LogP contribution in [0.1, 0.15) is 18.4 Å². The molecule has 0 unspecified atom stereocenters. The van der Waals surface area contributed by atoms with E-state index in [1.807, 2.05) is 18.2 Å². The van der Waals surface area contributed by atoms with Crippen LogP contribution in [0.2, 0.25) is 5.02 Å². The highest BCUT2D eigenvalue weighted by Gasteiger charge is 2.26. The van der Waals surface area contributed by atoms with Crippen molar-refractivity contribution in [2.75, 3.05) is 23.3 Å². The maximum atomic E-state index is 11.7. The van der Waals surface area contributed by atoms with E-state index in [0.717, 1.165) is 5.56 Å². The van der Waals surface area contributed by atoms with Crippen LogP contribution < -0.4 is 10.2 Å². The number of nitro groups is 1. The minimum atomic E-state index is -0.573. The molecule has 2 aromatic rings. The van der Waals surface area contributed by atoms with Gasteiger partial charge in [0.15, 0.2) is 0 Å². The summed E-state index contributed by atoms with van der Waals surface area (Å²) in [5, 5.41) is 32.8. The van der Waals surface area contributed by atoms with Crippen LogP contribution in [0.25, 0.3) is 0 Å². The first-order chi connectivity index (χ1) is 13.1. The number of hydrogen-bond donors (Lipinski definition) is 1. The fourth-order valence-corrected chi connectivity index (χ4v) is 2.62. The lowest BCUT2D eigenvalue weighted by molar-refractivity contribution is -0.383. The number of hydrogen-bond acceptors (Lipinski definition) is 8. The zero-order chi connectivity index (χ0) is 19.6. The van der Waals surface area contributed by atoms with E-state index in [1.165, 1.54) is 6.33 Å². The first-order valence-corrected chi connectivity index (χ1v) is 8.41. The molecule has 1 heterocycles. The van der Waals surface area contributed by atoms with E-state index in [1.54, 1.807) is 23.1 Å². The molecule has 0 fully saturated rings. The Morgan fingerprint density at radius 3 is 2.44 bits per heavy atom. The zero-order valence-electron chi connectivity index (χ0n) is 14.3. The lowest BCUT2D eigenvalue weighted by atomic mass is 10.2. The molecular formula is C17H16ClN7O2. The summed E-state index contributed by atoms with van der Waals surface area (Å²) in [5.41, 5.74) is 0.458. The van der Waals surface area contributed by atoms with E-state index in [9.17, 15) is 10.1 Å². The third-order valence-electron chi connectivity index (χ3n) is 3.68. The molecule has 0 radical (unpaired) electrons. The van der Waals surface area contributed by atoms with E-state index in [0.29, 0.717) is 5.02 Å². The normalized spacial score (nSPS) is 9.89. The SMILES string of the molecule is N#CCCN(CCC#N)c1ncnc(NCc2ccccc2Cl)c1[N+](=O)[O-]. The van der Waals surface area contributed by atoms with Crippen LogP contribution in [0, 0.1) is 32.8 Å². The second kappa shape index (κ2) is 9.90. The van der Waals surface area contributed by atoms with Crippen molar-refractivity contribution < 1.29 is 4.92 Å². The summed E-state index contributed by atoms with van der Waals surface area (Å²) in [7, 11) is 0. The van der Waals surface area contributed by atoms with Crippen molar-refractivity contribution in [2.45, 2.75) is 19.4 Å². The number of anilines is 2. The summed E-state index contributed by atoms with van der Waals surface area (Å²) in [6.07, 6.45) is 1.51. The number of benzene rings is 1. The highest BCUT2D eigenvalue weighted by atomic mass is 35.5. The molecule has 9 nitrogen and oxygen atoms in total. The Kier molecular flexibility index (Phi) is 7.29. The van der Waals surface area contributed by atoms with Gasteiger partial charge >= 0.3 is 5.69 Å². The molecule has 27 heavy (non-hydrogen) atoms. The highest BCUT2D eigenvalue weighted by molar-refractivity contribution is 6.31. The van der Waals surface area contributed by atoms with Gasteiger partial charge in [0.25, 0.3) is 0 Å². The minimum absolute atomic E-state index is 0.0452. The second-order valence-electron chi connectivity index (χ2n) is 5.40. The standard InChI is InChI=1S/C17H16ClN7O2/c18-14-6-2-1-5-13(14)11-21-16-15(25(26)27)17(23-12-22-16)24(9-3-7-19)10-4-8-20/h1-2,5-6,12H,3-4,9-11H2,(H,21,22,23). The van der Waals surface area contributed by atoms with E-state index >= 15 is 0 Å². The zero-order valence-corrected chi connectivity index (χ0v) is 15.1. The van der Waals surface area contributed by atoms with Gasteiger partial charge in [0.05, 0.1) is 29.9 Å². The molecule has 0 atom stereocenters. The molecule has 0 aliphatic heterocycles. The summed E-state index contributed by atoms with van der Waals surface area (Å²) < 4.78 is 0. The number of nitrogens with zero attached hydrogens (tertiary/aromatic N) is 6. The summed E-state index contributed by atoms with van der Waals surface area (Å²) >= 11 is 6.11. The average molecular weight is 386 g/mol. The number of halogens is 1. The molecule has 138 valence electrons. The molecule has 0 bridgehead atoms. The summed E-state index contributed by atoms with van der Waals surface area (Å²) in [6, 6.07) is 11.1. The fraction of sp³-hybridized carbons (Fsp3) is 0.294. The van der Waals surface area contributed by atoms with Gasteiger partial charge in [-0.3, -0.25) is 10.1 Å². The monoisotopic (exact) mass is 385 g/mol. The Balaban J connectivity index is 2.34. The predicted octanol–water partition coefficient (Wildman–Crippen LogP) is 3.28. The van der Waals surface area contributed by atoms with E-state index in [2.05, 4.69) is 15.3 Å². The van der Waals surface area contributed by atoms with Crippen molar-refractivity contribution in [3.63, 3.8) is 0 Å². The van der Waals surface area contributed by atoms with Crippen LogP contribution in [0.3, 0.4) is 0 Å². The molecule has 0 aliphatic rings. The number of nitrogens with one attached hydrogen (secondary N) is 1. The fourth-order valence-electron chi connectivity index (χ4n) is 2.41. The summed E-state index contributed by atoms with van der Waals surface area (Å²) in [4.78, 5) is 20.7. The predicted molar refractivity (Wildman–Crippen MR) is 100 cm³/mol. The van der Waals surface area contributed by atoms with Crippen molar-refractivity contribution >= 4 is 28.9 Å². The second-order valence-corrected chi connectivity index (χ2v) is 5.81. The van der Waals surface area contributed by atoms with Crippen molar-refractivity contribution in [3.8, 4) is 12.1 Å². The lowest BCUT2D eigenvalue weighted by Crippen LogP contribution is -2.27. The van der Waals surface area contributed by atoms with E-state index in [-0.39, 0.29) is 49.8 Å². The van der Waals surface area contributed by atoms with Crippen molar-refractivity contribution in [1.82, 2.24) is 9.97 Å². The Hall–Kier alpha value is -3.43. The molecule has 0 amide bonds. The largest absolute Gasteiger partial charge is 0.360 e. The molecule has 1 N–H and O–H groups in total. The molecule has 1 aromatic heterocycles. The minimum Gasteiger partial charge on any atom is -0.360 e. The number of rotatable bonds is 9. The van der Waals surface area contributed by atoms with Gasteiger partial charge in [-0.15, -0.1) is 0 Å². The first kappa shape index (κ1) is 19.9. The van der Waals surface area contributed by atoms with Crippen molar-refractivity contribution in [3.05, 3.63) is 51.3 Å². The van der Waals surface area contributed by atoms with Gasteiger partial charge in [-0.05, 0) is 11.6 Å². The van der Waals surface area contributed by atoms with Crippen LogP contribution in [0.15, 0.2) is 30.6 Å². The van der Waals surface area contributed by atoms with Crippen LogP contribution >= 0.6 is 11.6 Å². The van der Waals surface area contributed by atoms with Crippen molar-refractivity contribution in [1.29, 1.82) is 10.5 Å². The Labute approximate surface area is 161 Å². The molecule has 2 rings (SSSR count). The van der Waals surface area contributed by atoms with Crippen LogP contribution in [-0.2, 0) is 6.54 Å². The van der Waals surface area contributed by atoms with Gasteiger partial charge in [-0.25, -0.2) is 9.97 Å². The van der Waals surface area contributed by atoms with Crippen LogP contribution in [-0.4, -0.2) is 28.0 Å². The molecule has 0 spiro atoms. The summed E-state index contributed by atoms with van der Waals surface area (Å²) in [6.45, 7) is 0.688. The molecular weight excluding hydrogens is 370 g/mol. The number of nitriles is 2. The quantitative estimate of drug-likeness (QED) is 0.513.